The molecule has 2 aromatic carbocycles. The van der Waals surface area contributed by atoms with Crippen molar-refractivity contribution in [3.8, 4) is 0 Å². The molecule has 0 aromatic heterocycles. The van der Waals surface area contributed by atoms with Crippen LogP contribution in [0.4, 0.5) is 0 Å². The van der Waals surface area contributed by atoms with Gasteiger partial charge >= 0.3 is 0 Å². The number of nitrogens with one attached hydrogen (secondary N) is 2. The molecule has 1 amide bonds. The zero-order valence-corrected chi connectivity index (χ0v) is 20.4. The van der Waals surface area contributed by atoms with Crippen molar-refractivity contribution in [3.63, 3.8) is 0 Å². The third-order valence-corrected chi connectivity index (χ3v) is 4.56. The molecule has 5 nitrogen and oxygen atoms in total. The number of hydrogen-bond acceptors (Lipinski definition) is 2. The van der Waals surface area contributed by atoms with E-state index in [1.165, 1.54) is 11.1 Å². The van der Waals surface area contributed by atoms with Crippen LogP contribution in [-0.2, 0) is 6.54 Å². The number of nitrogens with zero attached hydrogens (tertiary/aromatic N) is 2. The Hall–Kier alpha value is -2.09. The lowest BCUT2D eigenvalue weighted by Gasteiger charge is -2.17. The molecule has 0 saturated heterocycles. The van der Waals surface area contributed by atoms with Crippen LogP contribution in [0.3, 0.4) is 0 Å². The molecular weight excluding hydrogens is 475 g/mol. The fourth-order valence-electron chi connectivity index (χ4n) is 2.87. The van der Waals surface area contributed by atoms with Gasteiger partial charge in [-0.1, -0.05) is 48.9 Å². The maximum atomic E-state index is 12.0. The third-order valence-electron chi connectivity index (χ3n) is 4.56. The molecule has 2 rings (SSSR count). The molecule has 2 aromatic rings. The molecule has 0 aliphatic heterocycles. The largest absolute Gasteiger partial charge is 0.357 e. The summed E-state index contributed by atoms with van der Waals surface area (Å²) in [6.07, 6.45) is 0. The highest BCUT2D eigenvalue weighted by Crippen LogP contribution is 2.15. The Morgan fingerprint density at radius 3 is 2.38 bits per heavy atom. The van der Waals surface area contributed by atoms with Gasteiger partial charge in [0.15, 0.2) is 5.96 Å². The minimum atomic E-state index is 0. The lowest BCUT2D eigenvalue weighted by Crippen LogP contribution is -2.39. The summed E-state index contributed by atoms with van der Waals surface area (Å²) in [6.45, 7) is 8.57. The summed E-state index contributed by atoms with van der Waals surface area (Å²) < 4.78 is 0. The summed E-state index contributed by atoms with van der Waals surface area (Å²) in [6, 6.07) is 16.2. The van der Waals surface area contributed by atoms with Crippen molar-refractivity contribution in [3.05, 3.63) is 70.8 Å². The first kappa shape index (κ1) is 24.9. The van der Waals surface area contributed by atoms with E-state index in [1.54, 1.807) is 19.0 Å². The second-order valence-corrected chi connectivity index (χ2v) is 7.29. The monoisotopic (exact) mass is 508 g/mol. The lowest BCUT2D eigenvalue weighted by atomic mass is 9.99. The van der Waals surface area contributed by atoms with Gasteiger partial charge in [-0.25, -0.2) is 4.99 Å². The molecule has 2 N–H and O–H groups in total. The second-order valence-electron chi connectivity index (χ2n) is 7.29. The maximum Gasteiger partial charge on any atom is 0.253 e. The summed E-state index contributed by atoms with van der Waals surface area (Å²) in [5.41, 5.74) is 4.36. The van der Waals surface area contributed by atoms with E-state index >= 15 is 0 Å². The molecule has 0 fully saturated rings. The van der Waals surface area contributed by atoms with Crippen molar-refractivity contribution in [1.29, 1.82) is 0 Å². The maximum absolute atomic E-state index is 12.0. The minimum Gasteiger partial charge on any atom is -0.357 e. The second kappa shape index (κ2) is 12.5. The Morgan fingerprint density at radius 1 is 1.10 bits per heavy atom. The fourth-order valence-corrected chi connectivity index (χ4v) is 2.87. The molecule has 6 heteroatoms. The molecule has 29 heavy (non-hydrogen) atoms. The van der Waals surface area contributed by atoms with E-state index < -0.39 is 0 Å². The van der Waals surface area contributed by atoms with Gasteiger partial charge in [0.25, 0.3) is 5.91 Å². The SMILES string of the molecule is CCNC(=NCc1ccc(C(=O)N(C)C)cc1)NCC(C)c1cccc(C)c1.I. The molecule has 0 saturated carbocycles. The van der Waals surface area contributed by atoms with E-state index in [1.807, 2.05) is 24.3 Å². The molecule has 158 valence electrons. The topological polar surface area (TPSA) is 56.7 Å². The quantitative estimate of drug-likeness (QED) is 0.336. The number of amides is 1. The van der Waals surface area contributed by atoms with Gasteiger partial charge in [0.2, 0.25) is 0 Å². The standard InChI is InChI=1S/C23H32N4O.HI/c1-6-24-23(25-15-18(3)21-9-7-8-17(2)14-21)26-16-19-10-12-20(13-11-19)22(28)27(4)5;/h7-14,18H,6,15-16H2,1-5H3,(H2,24,25,26);1H. The lowest BCUT2D eigenvalue weighted by molar-refractivity contribution is 0.0827. The van der Waals surface area contributed by atoms with Gasteiger partial charge in [-0.2, -0.15) is 0 Å². The van der Waals surface area contributed by atoms with Crippen molar-refractivity contribution in [2.75, 3.05) is 27.2 Å². The summed E-state index contributed by atoms with van der Waals surface area (Å²) >= 11 is 0. The highest BCUT2D eigenvalue weighted by molar-refractivity contribution is 14.0. The molecule has 0 aliphatic carbocycles. The first-order chi connectivity index (χ1) is 13.4. The van der Waals surface area contributed by atoms with Crippen molar-refractivity contribution in [2.24, 2.45) is 4.99 Å². The average Bonchev–Trinajstić information content (AvgIpc) is 2.69. The van der Waals surface area contributed by atoms with Crippen LogP contribution in [0.5, 0.6) is 0 Å². The van der Waals surface area contributed by atoms with Gasteiger partial charge in [0.1, 0.15) is 0 Å². The number of rotatable bonds is 7. The van der Waals surface area contributed by atoms with Gasteiger partial charge in [0, 0.05) is 32.7 Å². The number of carbonyl (C=O) groups is 1. The fraction of sp³-hybridized carbons (Fsp3) is 0.391. The zero-order chi connectivity index (χ0) is 20.5. The van der Waals surface area contributed by atoms with Crippen LogP contribution in [0.1, 0.15) is 46.8 Å². The number of benzene rings is 2. The first-order valence-corrected chi connectivity index (χ1v) is 9.80. The van der Waals surface area contributed by atoms with E-state index in [-0.39, 0.29) is 29.9 Å². The number of aliphatic imine (C=N–C) groups is 1. The van der Waals surface area contributed by atoms with Crippen LogP contribution in [0.2, 0.25) is 0 Å². The molecule has 0 bridgehead atoms. The van der Waals surface area contributed by atoms with Crippen LogP contribution in [0.15, 0.2) is 53.5 Å². The van der Waals surface area contributed by atoms with E-state index in [0.29, 0.717) is 18.0 Å². The van der Waals surface area contributed by atoms with Crippen LogP contribution < -0.4 is 10.6 Å². The molecule has 0 spiro atoms. The van der Waals surface area contributed by atoms with Crippen LogP contribution in [-0.4, -0.2) is 44.0 Å². The molecule has 0 heterocycles. The van der Waals surface area contributed by atoms with E-state index in [9.17, 15) is 4.79 Å². The van der Waals surface area contributed by atoms with Crippen molar-refractivity contribution < 1.29 is 4.79 Å². The van der Waals surface area contributed by atoms with Gasteiger partial charge in [-0.15, -0.1) is 24.0 Å². The van der Waals surface area contributed by atoms with E-state index in [4.69, 9.17) is 0 Å². The molecule has 0 aliphatic rings. The molecule has 1 atom stereocenters. The third kappa shape index (κ3) is 8.04. The number of guanidine groups is 1. The number of hydrogen-bond donors (Lipinski definition) is 2. The van der Waals surface area contributed by atoms with E-state index in [0.717, 1.165) is 24.6 Å². The van der Waals surface area contributed by atoms with Crippen LogP contribution >= 0.6 is 24.0 Å². The molecular formula is C23H33IN4O. The average molecular weight is 508 g/mol. The minimum absolute atomic E-state index is 0. The molecule has 0 radical (unpaired) electrons. The predicted molar refractivity (Wildman–Crippen MR) is 132 cm³/mol. The van der Waals surface area contributed by atoms with Gasteiger partial charge < -0.3 is 15.5 Å². The highest BCUT2D eigenvalue weighted by Gasteiger charge is 2.08. The Labute approximate surface area is 192 Å². The Bertz CT molecular complexity index is 803. The van der Waals surface area contributed by atoms with Crippen LogP contribution in [0, 0.1) is 6.92 Å². The predicted octanol–water partition coefficient (Wildman–Crippen LogP) is 4.17. The van der Waals surface area contributed by atoms with Crippen molar-refractivity contribution in [2.45, 2.75) is 33.2 Å². The Kier molecular flexibility index (Phi) is 10.7. The number of carbonyl (C=O) groups excluding carboxylic acids is 1. The number of aryl methyl sites for hydroxylation is 1. The van der Waals surface area contributed by atoms with Crippen LogP contribution in [0.25, 0.3) is 0 Å². The van der Waals surface area contributed by atoms with Crippen molar-refractivity contribution >= 4 is 35.8 Å². The van der Waals surface area contributed by atoms with Gasteiger partial charge in [-0.05, 0) is 43.0 Å². The summed E-state index contributed by atoms with van der Waals surface area (Å²) in [7, 11) is 3.51. The Morgan fingerprint density at radius 2 is 1.79 bits per heavy atom. The van der Waals surface area contributed by atoms with Gasteiger partial charge in [0.05, 0.1) is 6.54 Å². The smallest absolute Gasteiger partial charge is 0.253 e. The normalized spacial score (nSPS) is 12.0. The first-order valence-electron chi connectivity index (χ1n) is 9.80. The van der Waals surface area contributed by atoms with E-state index in [2.05, 4.69) is 60.7 Å². The summed E-state index contributed by atoms with van der Waals surface area (Å²) in [4.78, 5) is 18.2. The number of halogens is 1. The summed E-state index contributed by atoms with van der Waals surface area (Å²) in [5.74, 6) is 1.20. The zero-order valence-electron chi connectivity index (χ0n) is 18.0. The Balaban J connectivity index is 0.00000420. The van der Waals surface area contributed by atoms with Gasteiger partial charge in [-0.3, -0.25) is 4.79 Å². The molecule has 1 unspecified atom stereocenters. The summed E-state index contributed by atoms with van der Waals surface area (Å²) in [5, 5.41) is 6.72. The highest BCUT2D eigenvalue weighted by atomic mass is 127. The van der Waals surface area contributed by atoms with Crippen molar-refractivity contribution in [1.82, 2.24) is 15.5 Å².